The van der Waals surface area contributed by atoms with Crippen LogP contribution in [0.1, 0.15) is 31.4 Å². The zero-order valence-corrected chi connectivity index (χ0v) is 8.14. The van der Waals surface area contributed by atoms with Crippen LogP contribution in [0.15, 0.2) is 22.8 Å². The highest BCUT2D eigenvalue weighted by Crippen LogP contribution is 2.24. The van der Waals surface area contributed by atoms with E-state index < -0.39 is 5.97 Å². The van der Waals surface area contributed by atoms with Crippen LogP contribution < -0.4 is 5.73 Å². The van der Waals surface area contributed by atoms with Crippen molar-refractivity contribution in [2.24, 2.45) is 5.73 Å². The Morgan fingerprint density at radius 2 is 2.43 bits per heavy atom. The molecule has 0 spiro atoms. The van der Waals surface area contributed by atoms with Gasteiger partial charge in [0.2, 0.25) is 0 Å². The molecule has 1 rings (SSSR count). The normalized spacial score (nSPS) is 15.0. The third-order valence-corrected chi connectivity index (χ3v) is 2.29. The maximum atomic E-state index is 10.6. The van der Waals surface area contributed by atoms with Gasteiger partial charge in [-0.15, -0.1) is 0 Å². The molecular weight excluding hydrogens is 182 g/mol. The number of aliphatic carboxylic acids is 1. The molecule has 1 heterocycles. The van der Waals surface area contributed by atoms with Crippen molar-refractivity contribution in [2.75, 3.05) is 0 Å². The van der Waals surface area contributed by atoms with E-state index in [-0.39, 0.29) is 18.4 Å². The van der Waals surface area contributed by atoms with E-state index in [1.807, 2.05) is 6.92 Å². The van der Waals surface area contributed by atoms with Crippen molar-refractivity contribution < 1.29 is 14.3 Å². The fourth-order valence-electron chi connectivity index (χ4n) is 1.44. The summed E-state index contributed by atoms with van der Waals surface area (Å²) in [5.74, 6) is -0.426. The minimum Gasteiger partial charge on any atom is -0.481 e. The van der Waals surface area contributed by atoms with E-state index in [2.05, 4.69) is 0 Å². The van der Waals surface area contributed by atoms with Crippen LogP contribution in [0, 0.1) is 0 Å². The molecule has 0 aromatic carbocycles. The molecule has 0 saturated carbocycles. The zero-order chi connectivity index (χ0) is 10.6. The minimum absolute atomic E-state index is 0.0164. The average molecular weight is 197 g/mol. The maximum Gasteiger partial charge on any atom is 0.304 e. The summed E-state index contributed by atoms with van der Waals surface area (Å²) in [4.78, 5) is 10.6. The van der Waals surface area contributed by atoms with Gasteiger partial charge in [0.05, 0.1) is 12.7 Å². The Bertz CT molecular complexity index is 282. The maximum absolute atomic E-state index is 10.6. The van der Waals surface area contributed by atoms with Gasteiger partial charge >= 0.3 is 5.97 Å². The quantitative estimate of drug-likeness (QED) is 0.751. The van der Waals surface area contributed by atoms with Gasteiger partial charge in [0, 0.05) is 12.0 Å². The molecule has 3 N–H and O–H groups in total. The molecule has 1 aromatic rings. The lowest BCUT2D eigenvalue weighted by molar-refractivity contribution is -0.137. The molecule has 4 nitrogen and oxygen atoms in total. The number of carboxylic acid groups (broad SMARTS) is 1. The Morgan fingerprint density at radius 3 is 2.86 bits per heavy atom. The second-order valence-electron chi connectivity index (χ2n) is 3.29. The summed E-state index contributed by atoms with van der Waals surface area (Å²) in [6, 6.07) is 3.34. The number of nitrogens with two attached hydrogens (primary N) is 1. The molecule has 1 aromatic heterocycles. The van der Waals surface area contributed by atoms with Crippen molar-refractivity contribution in [3.05, 3.63) is 24.2 Å². The van der Waals surface area contributed by atoms with E-state index in [1.165, 1.54) is 6.26 Å². The van der Waals surface area contributed by atoms with Crippen LogP contribution in [-0.4, -0.2) is 17.1 Å². The monoisotopic (exact) mass is 197 g/mol. The van der Waals surface area contributed by atoms with Gasteiger partial charge < -0.3 is 15.3 Å². The van der Waals surface area contributed by atoms with Crippen LogP contribution in [0.2, 0.25) is 0 Å². The second kappa shape index (κ2) is 4.81. The summed E-state index contributed by atoms with van der Waals surface area (Å²) in [5.41, 5.74) is 5.83. The standard InChI is InChI=1S/C10H15NO3/c1-2-8(11)7(6-10(12)13)9-4-3-5-14-9/h3-5,7-8H,2,6,11H2,1H3,(H,12,13). The van der Waals surface area contributed by atoms with Crippen molar-refractivity contribution in [3.63, 3.8) is 0 Å². The first-order valence-corrected chi connectivity index (χ1v) is 4.66. The number of furan rings is 1. The van der Waals surface area contributed by atoms with Gasteiger partial charge in [-0.1, -0.05) is 6.92 Å². The Kier molecular flexibility index (Phi) is 3.71. The van der Waals surface area contributed by atoms with Gasteiger partial charge in [-0.25, -0.2) is 0 Å². The lowest BCUT2D eigenvalue weighted by atomic mass is 9.92. The predicted octanol–water partition coefficient (Wildman–Crippen LogP) is 1.58. The van der Waals surface area contributed by atoms with E-state index in [0.717, 1.165) is 6.42 Å². The van der Waals surface area contributed by atoms with Gasteiger partial charge in [0.15, 0.2) is 0 Å². The fourth-order valence-corrected chi connectivity index (χ4v) is 1.44. The summed E-state index contributed by atoms with van der Waals surface area (Å²) < 4.78 is 5.18. The molecule has 4 heteroatoms. The molecule has 0 amide bonds. The van der Waals surface area contributed by atoms with Crippen LogP contribution in [0.5, 0.6) is 0 Å². The van der Waals surface area contributed by atoms with Crippen molar-refractivity contribution in [1.82, 2.24) is 0 Å². The SMILES string of the molecule is CCC(N)C(CC(=O)O)c1ccco1. The molecule has 0 bridgehead atoms. The van der Waals surface area contributed by atoms with Crippen LogP contribution in [0.25, 0.3) is 0 Å². The fraction of sp³-hybridized carbons (Fsp3) is 0.500. The Hall–Kier alpha value is -1.29. The van der Waals surface area contributed by atoms with E-state index in [1.54, 1.807) is 12.1 Å². The lowest BCUT2D eigenvalue weighted by Crippen LogP contribution is -2.29. The van der Waals surface area contributed by atoms with Gasteiger partial charge in [-0.3, -0.25) is 4.79 Å². The molecule has 2 atom stereocenters. The number of carboxylic acids is 1. The van der Waals surface area contributed by atoms with E-state index >= 15 is 0 Å². The molecule has 0 aliphatic heterocycles. The summed E-state index contributed by atoms with van der Waals surface area (Å²) >= 11 is 0. The van der Waals surface area contributed by atoms with Gasteiger partial charge in [0.1, 0.15) is 5.76 Å². The average Bonchev–Trinajstić information content (AvgIpc) is 2.65. The van der Waals surface area contributed by atoms with Crippen LogP contribution in [0.3, 0.4) is 0 Å². The summed E-state index contributed by atoms with van der Waals surface area (Å²) in [6.45, 7) is 1.93. The van der Waals surface area contributed by atoms with Crippen molar-refractivity contribution in [1.29, 1.82) is 0 Å². The van der Waals surface area contributed by atoms with E-state index in [0.29, 0.717) is 5.76 Å². The molecule has 78 valence electrons. The Labute approximate surface area is 82.7 Å². The number of hydrogen-bond donors (Lipinski definition) is 2. The smallest absolute Gasteiger partial charge is 0.304 e. The summed E-state index contributed by atoms with van der Waals surface area (Å²) in [7, 11) is 0. The first-order valence-electron chi connectivity index (χ1n) is 4.66. The third-order valence-electron chi connectivity index (χ3n) is 2.29. The summed E-state index contributed by atoms with van der Waals surface area (Å²) in [6.07, 6.45) is 2.29. The molecule has 0 aliphatic rings. The molecule has 14 heavy (non-hydrogen) atoms. The highest BCUT2D eigenvalue weighted by molar-refractivity contribution is 5.68. The topological polar surface area (TPSA) is 76.5 Å². The predicted molar refractivity (Wildman–Crippen MR) is 52.0 cm³/mol. The van der Waals surface area contributed by atoms with Crippen LogP contribution >= 0.6 is 0 Å². The lowest BCUT2D eigenvalue weighted by Gasteiger charge is -2.18. The number of carbonyl (C=O) groups is 1. The van der Waals surface area contributed by atoms with Crippen LogP contribution in [-0.2, 0) is 4.79 Å². The Morgan fingerprint density at radius 1 is 1.71 bits per heavy atom. The highest BCUT2D eigenvalue weighted by atomic mass is 16.4. The molecule has 0 fully saturated rings. The molecular formula is C10H15NO3. The van der Waals surface area contributed by atoms with E-state index in [4.69, 9.17) is 15.3 Å². The molecule has 2 unspecified atom stereocenters. The van der Waals surface area contributed by atoms with Gasteiger partial charge in [0.25, 0.3) is 0 Å². The number of hydrogen-bond acceptors (Lipinski definition) is 3. The second-order valence-corrected chi connectivity index (χ2v) is 3.29. The van der Waals surface area contributed by atoms with Gasteiger partial charge in [-0.2, -0.15) is 0 Å². The molecule has 0 saturated heterocycles. The first-order chi connectivity index (χ1) is 6.65. The molecule has 0 aliphatic carbocycles. The first kappa shape index (κ1) is 10.8. The Balaban J connectivity index is 2.77. The van der Waals surface area contributed by atoms with E-state index in [9.17, 15) is 4.79 Å². The summed E-state index contributed by atoms with van der Waals surface area (Å²) in [5, 5.41) is 8.73. The van der Waals surface area contributed by atoms with Crippen LogP contribution in [0.4, 0.5) is 0 Å². The van der Waals surface area contributed by atoms with Crippen molar-refractivity contribution in [3.8, 4) is 0 Å². The largest absolute Gasteiger partial charge is 0.481 e. The minimum atomic E-state index is -0.852. The highest BCUT2D eigenvalue weighted by Gasteiger charge is 2.23. The third kappa shape index (κ3) is 2.60. The van der Waals surface area contributed by atoms with Crippen molar-refractivity contribution >= 4 is 5.97 Å². The van der Waals surface area contributed by atoms with Crippen molar-refractivity contribution in [2.45, 2.75) is 31.7 Å². The molecule has 0 radical (unpaired) electrons. The zero-order valence-electron chi connectivity index (χ0n) is 8.14. The number of rotatable bonds is 5. The van der Waals surface area contributed by atoms with Gasteiger partial charge in [-0.05, 0) is 18.6 Å².